The Labute approximate surface area is 143 Å². The largest absolute Gasteiger partial charge is 0.333 e. The number of rotatable bonds is 2. The second kappa shape index (κ2) is 6.08. The molecule has 1 aromatic carbocycles. The zero-order valence-corrected chi connectivity index (χ0v) is 14.6. The molecule has 4 nitrogen and oxygen atoms in total. The summed E-state index contributed by atoms with van der Waals surface area (Å²) in [5.41, 5.74) is 5.82. The van der Waals surface area contributed by atoms with Crippen molar-refractivity contribution >= 4 is 5.91 Å². The Kier molecular flexibility index (Phi) is 3.91. The first kappa shape index (κ1) is 15.4. The first-order valence-corrected chi connectivity index (χ1v) is 9.06. The van der Waals surface area contributed by atoms with Crippen molar-refractivity contribution in [3.05, 3.63) is 52.3 Å². The Bertz CT molecular complexity index is 777. The minimum absolute atomic E-state index is 0.120. The number of carbonyl (C=O) groups excluding carboxylic acids is 1. The van der Waals surface area contributed by atoms with Crippen LogP contribution in [0.1, 0.15) is 64.6 Å². The van der Waals surface area contributed by atoms with Crippen molar-refractivity contribution in [1.29, 1.82) is 0 Å². The summed E-state index contributed by atoms with van der Waals surface area (Å²) >= 11 is 0. The Hall–Kier alpha value is -2.10. The number of hydrogen-bond donors (Lipinski definition) is 0. The molecule has 126 valence electrons. The summed E-state index contributed by atoms with van der Waals surface area (Å²) in [6.45, 7) is 0. The molecule has 0 aliphatic heterocycles. The van der Waals surface area contributed by atoms with Gasteiger partial charge in [0.15, 0.2) is 0 Å². The van der Waals surface area contributed by atoms with Crippen LogP contribution in [0.2, 0.25) is 0 Å². The van der Waals surface area contributed by atoms with Crippen LogP contribution < -0.4 is 0 Å². The van der Waals surface area contributed by atoms with Gasteiger partial charge in [0.2, 0.25) is 0 Å². The van der Waals surface area contributed by atoms with Gasteiger partial charge in [0, 0.05) is 19.7 Å². The molecular formula is C20H25N3O. The summed E-state index contributed by atoms with van der Waals surface area (Å²) in [6, 6.07) is 8.74. The number of amides is 1. The molecule has 24 heavy (non-hydrogen) atoms. The molecule has 0 N–H and O–H groups in total. The number of aryl methyl sites for hydroxylation is 3. The molecule has 0 saturated carbocycles. The average molecular weight is 323 g/mol. The third-order valence-electron chi connectivity index (χ3n) is 5.65. The molecule has 1 heterocycles. The molecular weight excluding hydrogens is 298 g/mol. The van der Waals surface area contributed by atoms with E-state index in [0.717, 1.165) is 49.9 Å². The quantitative estimate of drug-likeness (QED) is 0.849. The van der Waals surface area contributed by atoms with Gasteiger partial charge < -0.3 is 4.90 Å². The molecule has 1 amide bonds. The van der Waals surface area contributed by atoms with Crippen molar-refractivity contribution in [2.45, 2.75) is 51.0 Å². The summed E-state index contributed by atoms with van der Waals surface area (Å²) < 4.78 is 1.81. The van der Waals surface area contributed by atoms with Gasteiger partial charge in [-0.1, -0.05) is 24.3 Å². The normalized spacial score (nSPS) is 19.5. The third kappa shape index (κ3) is 2.45. The first-order chi connectivity index (χ1) is 11.7. The summed E-state index contributed by atoms with van der Waals surface area (Å²) in [5.74, 6) is 0.120. The van der Waals surface area contributed by atoms with Crippen LogP contribution in [0, 0.1) is 0 Å². The van der Waals surface area contributed by atoms with Gasteiger partial charge in [-0.3, -0.25) is 9.48 Å². The number of fused-ring (bicyclic) bond motifs is 2. The van der Waals surface area contributed by atoms with E-state index in [4.69, 9.17) is 0 Å². The van der Waals surface area contributed by atoms with Gasteiger partial charge in [0.25, 0.3) is 5.91 Å². The fourth-order valence-corrected chi connectivity index (χ4v) is 4.39. The maximum atomic E-state index is 13.3. The molecule has 4 heteroatoms. The SMILES string of the molecule is CN(C(=O)c1c2c(nn1C)CCCC2)[C@H]1CCCc2ccccc21. The molecule has 1 aromatic heterocycles. The monoisotopic (exact) mass is 323 g/mol. The van der Waals surface area contributed by atoms with Crippen LogP contribution in [0.15, 0.2) is 24.3 Å². The number of nitrogens with zero attached hydrogens (tertiary/aromatic N) is 3. The molecule has 4 rings (SSSR count). The molecule has 1 atom stereocenters. The highest BCUT2D eigenvalue weighted by Crippen LogP contribution is 2.35. The molecule has 0 spiro atoms. The predicted octanol–water partition coefficient (Wildman–Crippen LogP) is 3.45. The fraction of sp³-hybridized carbons (Fsp3) is 0.500. The van der Waals surface area contributed by atoms with E-state index < -0.39 is 0 Å². The van der Waals surface area contributed by atoms with Crippen LogP contribution >= 0.6 is 0 Å². The van der Waals surface area contributed by atoms with E-state index in [1.807, 2.05) is 23.7 Å². The maximum Gasteiger partial charge on any atom is 0.272 e. The van der Waals surface area contributed by atoms with Gasteiger partial charge >= 0.3 is 0 Å². The van der Waals surface area contributed by atoms with E-state index in [0.29, 0.717) is 0 Å². The minimum atomic E-state index is 0.120. The van der Waals surface area contributed by atoms with Gasteiger partial charge in [0.05, 0.1) is 11.7 Å². The van der Waals surface area contributed by atoms with Crippen molar-refractivity contribution < 1.29 is 4.79 Å². The van der Waals surface area contributed by atoms with Crippen molar-refractivity contribution in [3.63, 3.8) is 0 Å². The third-order valence-corrected chi connectivity index (χ3v) is 5.65. The molecule has 0 radical (unpaired) electrons. The van der Waals surface area contributed by atoms with E-state index in [2.05, 4.69) is 29.4 Å². The second-order valence-corrected chi connectivity index (χ2v) is 7.13. The van der Waals surface area contributed by atoms with E-state index in [1.54, 1.807) is 0 Å². The molecule has 0 fully saturated rings. The average Bonchev–Trinajstić information content (AvgIpc) is 2.95. The predicted molar refractivity (Wildman–Crippen MR) is 94.1 cm³/mol. The van der Waals surface area contributed by atoms with Gasteiger partial charge in [-0.05, 0) is 56.1 Å². The lowest BCUT2D eigenvalue weighted by atomic mass is 9.86. The van der Waals surface area contributed by atoms with Crippen LogP contribution in [-0.4, -0.2) is 27.6 Å². The van der Waals surface area contributed by atoms with Gasteiger partial charge in [-0.25, -0.2) is 0 Å². The summed E-state index contributed by atoms with van der Waals surface area (Å²) in [6.07, 6.45) is 7.64. The lowest BCUT2D eigenvalue weighted by molar-refractivity contribution is 0.0702. The molecule has 2 aromatic rings. The van der Waals surface area contributed by atoms with Gasteiger partial charge in [0.1, 0.15) is 5.69 Å². The lowest BCUT2D eigenvalue weighted by Crippen LogP contribution is -2.35. The molecule has 2 aliphatic rings. The van der Waals surface area contributed by atoms with Crippen LogP contribution in [-0.2, 0) is 26.3 Å². The van der Waals surface area contributed by atoms with Crippen LogP contribution in [0.5, 0.6) is 0 Å². The summed E-state index contributed by atoms with van der Waals surface area (Å²) in [7, 11) is 3.87. The van der Waals surface area contributed by atoms with E-state index >= 15 is 0 Å². The van der Waals surface area contributed by atoms with E-state index in [-0.39, 0.29) is 11.9 Å². The van der Waals surface area contributed by atoms with E-state index in [1.165, 1.54) is 23.1 Å². The minimum Gasteiger partial charge on any atom is -0.333 e. The highest BCUT2D eigenvalue weighted by atomic mass is 16.2. The van der Waals surface area contributed by atoms with Crippen molar-refractivity contribution in [3.8, 4) is 0 Å². The van der Waals surface area contributed by atoms with Crippen molar-refractivity contribution in [2.75, 3.05) is 7.05 Å². The zero-order valence-electron chi connectivity index (χ0n) is 14.6. The van der Waals surface area contributed by atoms with Crippen molar-refractivity contribution in [2.24, 2.45) is 7.05 Å². The Morgan fingerprint density at radius 1 is 1.17 bits per heavy atom. The first-order valence-electron chi connectivity index (χ1n) is 9.06. The van der Waals surface area contributed by atoms with Gasteiger partial charge in [-0.15, -0.1) is 0 Å². The second-order valence-electron chi connectivity index (χ2n) is 7.13. The maximum absolute atomic E-state index is 13.3. The standard InChI is InChI=1S/C20H25N3O/c1-22(18-13-7-9-14-8-3-4-10-15(14)18)20(24)19-16-11-5-6-12-17(16)21-23(19)2/h3-4,8,10,18H,5-7,9,11-13H2,1-2H3/t18-/m0/s1. The Balaban J connectivity index is 1.68. The number of hydrogen-bond acceptors (Lipinski definition) is 2. The Morgan fingerprint density at radius 2 is 1.96 bits per heavy atom. The van der Waals surface area contributed by atoms with E-state index in [9.17, 15) is 4.79 Å². The van der Waals surface area contributed by atoms with Crippen LogP contribution in [0.25, 0.3) is 0 Å². The molecule has 0 bridgehead atoms. The summed E-state index contributed by atoms with van der Waals surface area (Å²) in [5, 5.41) is 4.61. The zero-order chi connectivity index (χ0) is 16.7. The molecule has 0 unspecified atom stereocenters. The highest BCUT2D eigenvalue weighted by Gasteiger charge is 2.31. The van der Waals surface area contributed by atoms with Crippen molar-refractivity contribution in [1.82, 2.24) is 14.7 Å². The topological polar surface area (TPSA) is 38.1 Å². The number of benzene rings is 1. The molecule has 0 saturated heterocycles. The fourth-order valence-electron chi connectivity index (χ4n) is 4.39. The Morgan fingerprint density at radius 3 is 2.83 bits per heavy atom. The number of aromatic nitrogens is 2. The van der Waals surface area contributed by atoms with Gasteiger partial charge in [-0.2, -0.15) is 5.10 Å². The summed E-state index contributed by atoms with van der Waals surface area (Å²) in [4.78, 5) is 15.2. The number of carbonyl (C=O) groups is 1. The smallest absolute Gasteiger partial charge is 0.272 e. The van der Waals surface area contributed by atoms with Crippen LogP contribution in [0.4, 0.5) is 0 Å². The molecule has 2 aliphatic carbocycles. The highest BCUT2D eigenvalue weighted by molar-refractivity contribution is 5.94. The van der Waals surface area contributed by atoms with Crippen LogP contribution in [0.3, 0.4) is 0 Å². The lowest BCUT2D eigenvalue weighted by Gasteiger charge is -2.33.